The summed E-state index contributed by atoms with van der Waals surface area (Å²) in [4.78, 5) is 14.6. The number of hydrogen-bond acceptors (Lipinski definition) is 7. The molecule has 10 heteroatoms. The Bertz CT molecular complexity index is 1490. The Kier molecular flexibility index (Phi) is 7.11. The van der Waals surface area contributed by atoms with E-state index in [0.29, 0.717) is 37.7 Å². The van der Waals surface area contributed by atoms with Crippen LogP contribution in [0.25, 0.3) is 10.9 Å². The fourth-order valence-electron chi connectivity index (χ4n) is 4.44. The molecule has 1 atom stereocenters. The van der Waals surface area contributed by atoms with Crippen molar-refractivity contribution >= 4 is 38.2 Å². The van der Waals surface area contributed by atoms with Crippen LogP contribution in [0.15, 0.2) is 72.8 Å². The molecular weight excluding hydrogens is 490 g/mol. The van der Waals surface area contributed by atoms with Gasteiger partial charge in [-0.05, 0) is 41.5 Å². The molecule has 4 aromatic rings. The molecule has 0 saturated carbocycles. The molecule has 5 rings (SSSR count). The van der Waals surface area contributed by atoms with E-state index in [2.05, 4.69) is 20.8 Å². The van der Waals surface area contributed by atoms with Gasteiger partial charge in [0.05, 0.1) is 11.9 Å². The van der Waals surface area contributed by atoms with Gasteiger partial charge in [0, 0.05) is 37.0 Å². The first-order valence-electron chi connectivity index (χ1n) is 12.1. The smallest absolute Gasteiger partial charge is 0.228 e. The number of rotatable bonds is 8. The minimum Gasteiger partial charge on any atom is -0.489 e. The lowest BCUT2D eigenvalue weighted by molar-refractivity contribution is -0.115. The second-order valence-electron chi connectivity index (χ2n) is 9.13. The molecule has 3 aromatic carbocycles. The second-order valence-corrected chi connectivity index (χ2v) is 11.3. The summed E-state index contributed by atoms with van der Waals surface area (Å²) in [5.74, 6) is 1.15. The Morgan fingerprint density at radius 2 is 1.86 bits per heavy atom. The first-order chi connectivity index (χ1) is 17.9. The highest BCUT2D eigenvalue weighted by molar-refractivity contribution is 7.91. The number of piperazine rings is 1. The molecule has 192 valence electrons. The van der Waals surface area contributed by atoms with Crippen molar-refractivity contribution < 1.29 is 17.9 Å². The maximum Gasteiger partial charge on any atom is 0.228 e. The minimum atomic E-state index is -3.32. The standard InChI is InChI=1S/C27H29N5O4S/c1-37(34,35)26-17-28-13-14-32(26)27-23-16-21(9-12-24(23)30-31-27)29-25(33)15-19-7-10-22(11-8-19)36-18-20-5-3-2-4-6-20/h2-12,16,26,28H,13-15,17-18H2,1H3,(H,29,33)(H,30,31). The summed E-state index contributed by atoms with van der Waals surface area (Å²) in [7, 11) is -3.32. The van der Waals surface area contributed by atoms with Gasteiger partial charge in [-0.2, -0.15) is 5.10 Å². The van der Waals surface area contributed by atoms with E-state index in [9.17, 15) is 13.2 Å². The zero-order valence-electron chi connectivity index (χ0n) is 20.5. The number of fused-ring (bicyclic) bond motifs is 1. The van der Waals surface area contributed by atoms with Crippen LogP contribution in [0.1, 0.15) is 11.1 Å². The SMILES string of the molecule is CS(=O)(=O)C1CNCCN1c1n[nH]c2ccc(NC(=O)Cc3ccc(OCc4ccccc4)cc3)cc12. The molecule has 9 nitrogen and oxygen atoms in total. The van der Waals surface area contributed by atoms with E-state index in [1.807, 2.05) is 66.7 Å². The number of anilines is 2. The molecular formula is C27H29N5O4S. The lowest BCUT2D eigenvalue weighted by Gasteiger charge is -2.35. The summed E-state index contributed by atoms with van der Waals surface area (Å²) in [5, 5.41) is 13.5. The van der Waals surface area contributed by atoms with Gasteiger partial charge in [-0.1, -0.05) is 42.5 Å². The molecule has 0 spiro atoms. The van der Waals surface area contributed by atoms with Crippen molar-refractivity contribution in [2.75, 3.05) is 36.1 Å². The number of sulfone groups is 1. The lowest BCUT2D eigenvalue weighted by Crippen LogP contribution is -2.55. The van der Waals surface area contributed by atoms with Crippen LogP contribution in [0.5, 0.6) is 5.75 Å². The van der Waals surface area contributed by atoms with Crippen LogP contribution in [0.4, 0.5) is 11.5 Å². The van der Waals surface area contributed by atoms with Crippen molar-refractivity contribution in [3.63, 3.8) is 0 Å². The van der Waals surface area contributed by atoms with E-state index >= 15 is 0 Å². The third-order valence-corrected chi connectivity index (χ3v) is 7.73. The predicted octanol–water partition coefficient (Wildman–Crippen LogP) is 3.10. The Morgan fingerprint density at radius 3 is 2.62 bits per heavy atom. The summed E-state index contributed by atoms with van der Waals surface area (Å²) in [6.07, 6.45) is 1.45. The highest BCUT2D eigenvalue weighted by Gasteiger charge is 2.32. The normalized spacial score (nSPS) is 16.0. The first-order valence-corrected chi connectivity index (χ1v) is 14.0. The number of nitrogens with one attached hydrogen (secondary N) is 3. The van der Waals surface area contributed by atoms with E-state index in [-0.39, 0.29) is 12.3 Å². The maximum atomic E-state index is 12.8. The van der Waals surface area contributed by atoms with Crippen LogP contribution in [0, 0.1) is 0 Å². The van der Waals surface area contributed by atoms with Gasteiger partial charge in [0.15, 0.2) is 15.7 Å². The molecule has 1 aromatic heterocycles. The molecule has 1 amide bonds. The Hall–Kier alpha value is -3.89. The van der Waals surface area contributed by atoms with Crippen molar-refractivity contribution in [3.05, 3.63) is 83.9 Å². The number of amides is 1. The fraction of sp³-hybridized carbons (Fsp3) is 0.259. The Labute approximate surface area is 215 Å². The van der Waals surface area contributed by atoms with E-state index in [4.69, 9.17) is 4.74 Å². The van der Waals surface area contributed by atoms with E-state index < -0.39 is 15.2 Å². The van der Waals surface area contributed by atoms with E-state index in [1.165, 1.54) is 6.26 Å². The van der Waals surface area contributed by atoms with Crippen molar-refractivity contribution in [2.45, 2.75) is 18.4 Å². The van der Waals surface area contributed by atoms with Crippen LogP contribution in [-0.4, -0.2) is 55.8 Å². The summed E-state index contributed by atoms with van der Waals surface area (Å²) in [6, 6.07) is 22.9. The average molecular weight is 520 g/mol. The second kappa shape index (κ2) is 10.6. The van der Waals surface area contributed by atoms with Gasteiger partial charge >= 0.3 is 0 Å². The monoisotopic (exact) mass is 519 g/mol. The molecule has 1 aliphatic heterocycles. The number of aromatic nitrogens is 2. The van der Waals surface area contributed by atoms with Crippen LogP contribution in [0.3, 0.4) is 0 Å². The van der Waals surface area contributed by atoms with Gasteiger partial charge in [0.25, 0.3) is 0 Å². The largest absolute Gasteiger partial charge is 0.489 e. The van der Waals surface area contributed by atoms with Crippen molar-refractivity contribution in [2.24, 2.45) is 0 Å². The van der Waals surface area contributed by atoms with Crippen LogP contribution in [-0.2, 0) is 27.7 Å². The number of carbonyl (C=O) groups is 1. The van der Waals surface area contributed by atoms with E-state index in [1.54, 1.807) is 11.0 Å². The Morgan fingerprint density at radius 1 is 1.08 bits per heavy atom. The van der Waals surface area contributed by atoms with Gasteiger partial charge < -0.3 is 20.3 Å². The predicted molar refractivity (Wildman–Crippen MR) is 144 cm³/mol. The number of aromatic amines is 1. The summed E-state index contributed by atoms with van der Waals surface area (Å²) in [6.45, 7) is 1.99. The van der Waals surface area contributed by atoms with Gasteiger partial charge in [-0.15, -0.1) is 0 Å². The third kappa shape index (κ3) is 5.92. The summed E-state index contributed by atoms with van der Waals surface area (Å²) < 4.78 is 30.5. The molecule has 0 aliphatic carbocycles. The number of hydrogen-bond donors (Lipinski definition) is 3. The highest BCUT2D eigenvalue weighted by Crippen LogP contribution is 2.30. The van der Waals surface area contributed by atoms with Crippen molar-refractivity contribution in [1.82, 2.24) is 15.5 Å². The highest BCUT2D eigenvalue weighted by atomic mass is 32.2. The van der Waals surface area contributed by atoms with Gasteiger partial charge in [-0.25, -0.2) is 8.42 Å². The number of benzene rings is 3. The molecule has 37 heavy (non-hydrogen) atoms. The van der Waals surface area contributed by atoms with Crippen molar-refractivity contribution in [1.29, 1.82) is 0 Å². The molecule has 1 aliphatic rings. The fourth-order valence-corrected chi connectivity index (χ4v) is 5.52. The van der Waals surface area contributed by atoms with Crippen LogP contribution in [0.2, 0.25) is 0 Å². The van der Waals surface area contributed by atoms with Crippen LogP contribution < -0.4 is 20.3 Å². The molecule has 1 unspecified atom stereocenters. The maximum absolute atomic E-state index is 12.8. The number of H-pyrrole nitrogens is 1. The number of nitrogens with zero attached hydrogens (tertiary/aromatic N) is 2. The van der Waals surface area contributed by atoms with Gasteiger partial charge in [-0.3, -0.25) is 9.89 Å². The summed E-state index contributed by atoms with van der Waals surface area (Å²) in [5.41, 5.74) is 3.35. The van der Waals surface area contributed by atoms with E-state index in [0.717, 1.165) is 27.8 Å². The molecule has 2 heterocycles. The minimum absolute atomic E-state index is 0.154. The summed E-state index contributed by atoms with van der Waals surface area (Å²) >= 11 is 0. The average Bonchev–Trinajstić information content (AvgIpc) is 3.31. The number of carbonyl (C=O) groups excluding carboxylic acids is 1. The van der Waals surface area contributed by atoms with Gasteiger partial charge in [0.2, 0.25) is 5.91 Å². The molecule has 3 N–H and O–H groups in total. The Balaban J connectivity index is 1.24. The lowest BCUT2D eigenvalue weighted by atomic mass is 10.1. The van der Waals surface area contributed by atoms with Gasteiger partial charge in [0.1, 0.15) is 17.7 Å². The molecule has 0 bridgehead atoms. The first kappa shape index (κ1) is 24.8. The van der Waals surface area contributed by atoms with Crippen LogP contribution >= 0.6 is 0 Å². The zero-order valence-corrected chi connectivity index (χ0v) is 21.3. The zero-order chi connectivity index (χ0) is 25.8. The topological polar surface area (TPSA) is 116 Å². The quantitative estimate of drug-likeness (QED) is 0.328. The molecule has 0 radical (unpaired) electrons. The third-order valence-electron chi connectivity index (χ3n) is 6.33. The number of ether oxygens (including phenoxy) is 1. The van der Waals surface area contributed by atoms with Crippen molar-refractivity contribution in [3.8, 4) is 5.75 Å². The molecule has 1 fully saturated rings. The molecule has 1 saturated heterocycles.